The van der Waals surface area contributed by atoms with Crippen LogP contribution in [0, 0.1) is 6.92 Å². The van der Waals surface area contributed by atoms with Gasteiger partial charge in [-0.1, -0.05) is 90.5 Å². The van der Waals surface area contributed by atoms with E-state index >= 15 is 0 Å². The summed E-state index contributed by atoms with van der Waals surface area (Å²) in [6.07, 6.45) is 0.856. The molecular weight excluding hydrogens is 464 g/mol. The highest BCUT2D eigenvalue weighted by molar-refractivity contribution is 7.98. The second-order valence-corrected chi connectivity index (χ2v) is 11.3. The van der Waals surface area contributed by atoms with Gasteiger partial charge in [0.2, 0.25) is 11.8 Å². The number of nitrogens with zero attached hydrogens (tertiary/aromatic N) is 1. The summed E-state index contributed by atoms with van der Waals surface area (Å²) in [5, 5.41) is 3.12. The van der Waals surface area contributed by atoms with Crippen LogP contribution in [0.4, 0.5) is 0 Å². The molecule has 2 amide bonds. The van der Waals surface area contributed by atoms with E-state index in [2.05, 4.69) is 23.5 Å². The van der Waals surface area contributed by atoms with Crippen LogP contribution in [0.2, 0.25) is 0 Å². The minimum absolute atomic E-state index is 0.00191. The summed E-state index contributed by atoms with van der Waals surface area (Å²) in [6.45, 7) is 8.36. The monoisotopic (exact) mass is 502 g/mol. The summed E-state index contributed by atoms with van der Waals surface area (Å²) in [7, 11) is 0. The molecule has 0 fully saturated rings. The van der Waals surface area contributed by atoms with E-state index < -0.39 is 11.6 Å². The molecule has 3 rings (SSSR count). The van der Waals surface area contributed by atoms with Crippen molar-refractivity contribution in [2.45, 2.75) is 64.4 Å². The first-order valence-electron chi connectivity index (χ1n) is 12.5. The van der Waals surface area contributed by atoms with Gasteiger partial charge in [0.15, 0.2) is 0 Å². The highest BCUT2D eigenvalue weighted by Gasteiger charge is 2.32. The Balaban J connectivity index is 1.82. The molecule has 0 heterocycles. The fourth-order valence-electron chi connectivity index (χ4n) is 4.08. The summed E-state index contributed by atoms with van der Waals surface area (Å²) >= 11 is 1.75. The highest BCUT2D eigenvalue weighted by atomic mass is 32.2. The third-order valence-corrected chi connectivity index (χ3v) is 6.81. The van der Waals surface area contributed by atoms with Crippen LogP contribution in [0.1, 0.15) is 49.4 Å². The number of benzene rings is 3. The Bertz CT molecular complexity index is 1110. The number of rotatable bonds is 11. The lowest BCUT2D eigenvalue weighted by molar-refractivity contribution is -0.141. The van der Waals surface area contributed by atoms with Crippen LogP contribution in [0.15, 0.2) is 84.9 Å². The molecule has 0 radical (unpaired) electrons. The lowest BCUT2D eigenvalue weighted by atomic mass is 10.00. The van der Waals surface area contributed by atoms with Gasteiger partial charge in [0.25, 0.3) is 0 Å². The molecule has 190 valence electrons. The maximum atomic E-state index is 13.7. The molecule has 36 heavy (non-hydrogen) atoms. The van der Waals surface area contributed by atoms with Crippen molar-refractivity contribution in [3.63, 3.8) is 0 Å². The standard InChI is InChI=1S/C31H38N2O2S/c1-24-12-11-17-27(20-24)22-33(29(34)18-19-36-23-26-15-9-6-10-16-26)28(30(35)32-31(2,3)4)21-25-13-7-5-8-14-25/h5-17,20,28H,18-19,21-23H2,1-4H3,(H,32,35). The number of nitrogens with one attached hydrogen (secondary N) is 1. The van der Waals surface area contributed by atoms with Crippen LogP contribution in [0.25, 0.3) is 0 Å². The summed E-state index contributed by atoms with van der Waals surface area (Å²) in [5.74, 6) is 1.45. The largest absolute Gasteiger partial charge is 0.350 e. The lowest BCUT2D eigenvalue weighted by Gasteiger charge is -2.34. The molecule has 0 spiro atoms. The summed E-state index contributed by atoms with van der Waals surface area (Å²) < 4.78 is 0. The zero-order valence-corrected chi connectivity index (χ0v) is 22.7. The van der Waals surface area contributed by atoms with Gasteiger partial charge in [0.1, 0.15) is 6.04 Å². The van der Waals surface area contributed by atoms with Gasteiger partial charge in [-0.2, -0.15) is 11.8 Å². The van der Waals surface area contributed by atoms with Gasteiger partial charge in [0.05, 0.1) is 0 Å². The second kappa shape index (κ2) is 13.3. The van der Waals surface area contributed by atoms with Crippen molar-refractivity contribution >= 4 is 23.6 Å². The molecule has 0 aromatic heterocycles. The fourth-order valence-corrected chi connectivity index (χ4v) is 4.97. The first-order chi connectivity index (χ1) is 17.2. The van der Waals surface area contributed by atoms with Crippen LogP contribution in [-0.4, -0.2) is 34.0 Å². The van der Waals surface area contributed by atoms with Gasteiger partial charge in [-0.05, 0) is 44.4 Å². The van der Waals surface area contributed by atoms with Crippen molar-refractivity contribution in [2.24, 2.45) is 0 Å². The van der Waals surface area contributed by atoms with Crippen molar-refractivity contribution in [3.05, 3.63) is 107 Å². The molecular formula is C31H38N2O2S. The molecule has 4 nitrogen and oxygen atoms in total. The van der Waals surface area contributed by atoms with E-state index in [4.69, 9.17) is 0 Å². The van der Waals surface area contributed by atoms with Crippen molar-refractivity contribution in [1.82, 2.24) is 10.2 Å². The van der Waals surface area contributed by atoms with E-state index in [9.17, 15) is 9.59 Å². The molecule has 0 bridgehead atoms. The molecule has 0 aliphatic heterocycles. The van der Waals surface area contributed by atoms with Gasteiger partial charge >= 0.3 is 0 Å². The number of aryl methyl sites for hydroxylation is 1. The molecule has 5 heteroatoms. The lowest BCUT2D eigenvalue weighted by Crippen LogP contribution is -2.54. The van der Waals surface area contributed by atoms with Gasteiger partial charge in [-0.25, -0.2) is 0 Å². The minimum Gasteiger partial charge on any atom is -0.350 e. The molecule has 1 unspecified atom stereocenters. The van der Waals surface area contributed by atoms with Crippen molar-refractivity contribution in [2.75, 3.05) is 5.75 Å². The Labute approximate surface area is 220 Å². The first-order valence-corrected chi connectivity index (χ1v) is 13.7. The van der Waals surface area contributed by atoms with Crippen molar-refractivity contribution in [3.8, 4) is 0 Å². The predicted molar refractivity (Wildman–Crippen MR) is 151 cm³/mol. The van der Waals surface area contributed by atoms with Gasteiger partial charge in [-0.3, -0.25) is 9.59 Å². The summed E-state index contributed by atoms with van der Waals surface area (Å²) in [5.41, 5.74) is 4.06. The molecule has 0 saturated carbocycles. The Morgan fingerprint density at radius 2 is 1.47 bits per heavy atom. The quantitative estimate of drug-likeness (QED) is 0.319. The van der Waals surface area contributed by atoms with Crippen LogP contribution in [0.5, 0.6) is 0 Å². The average molecular weight is 503 g/mol. The van der Waals surface area contributed by atoms with E-state index in [1.807, 2.05) is 94.4 Å². The predicted octanol–water partition coefficient (Wildman–Crippen LogP) is 6.17. The third kappa shape index (κ3) is 9.19. The summed E-state index contributed by atoms with van der Waals surface area (Å²) in [6, 6.07) is 27.8. The number of carbonyl (C=O) groups is 2. The van der Waals surface area contributed by atoms with E-state index in [-0.39, 0.29) is 11.8 Å². The van der Waals surface area contributed by atoms with Crippen molar-refractivity contribution < 1.29 is 9.59 Å². The number of carbonyl (C=O) groups excluding carboxylic acids is 2. The zero-order chi connectivity index (χ0) is 26.0. The summed E-state index contributed by atoms with van der Waals surface area (Å²) in [4.78, 5) is 29.0. The number of hydrogen-bond acceptors (Lipinski definition) is 3. The molecule has 3 aromatic rings. The van der Waals surface area contributed by atoms with Gasteiger partial charge < -0.3 is 10.2 Å². The number of amides is 2. The Morgan fingerprint density at radius 3 is 2.08 bits per heavy atom. The van der Waals surface area contributed by atoms with Gasteiger partial charge in [-0.15, -0.1) is 0 Å². The smallest absolute Gasteiger partial charge is 0.243 e. The van der Waals surface area contributed by atoms with Crippen LogP contribution in [0.3, 0.4) is 0 Å². The third-order valence-electron chi connectivity index (χ3n) is 5.78. The van der Waals surface area contributed by atoms with Crippen LogP contribution >= 0.6 is 11.8 Å². The molecule has 0 aliphatic rings. The number of hydrogen-bond donors (Lipinski definition) is 1. The van der Waals surface area contributed by atoms with Crippen LogP contribution < -0.4 is 5.32 Å². The maximum absolute atomic E-state index is 13.7. The Kier molecular flexibility index (Phi) is 10.2. The molecule has 1 N–H and O–H groups in total. The van der Waals surface area contributed by atoms with Crippen molar-refractivity contribution in [1.29, 1.82) is 0 Å². The first kappa shape index (κ1) is 27.5. The normalized spacial score (nSPS) is 12.1. The number of thioether (sulfide) groups is 1. The molecule has 3 aromatic carbocycles. The van der Waals surface area contributed by atoms with E-state index in [1.165, 1.54) is 5.56 Å². The van der Waals surface area contributed by atoms with E-state index in [1.54, 1.807) is 16.7 Å². The molecule has 0 saturated heterocycles. The van der Waals surface area contributed by atoms with Gasteiger partial charge in [0, 0.05) is 36.4 Å². The topological polar surface area (TPSA) is 49.4 Å². The minimum atomic E-state index is -0.598. The Morgan fingerprint density at radius 1 is 0.861 bits per heavy atom. The molecule has 0 aliphatic carbocycles. The van der Waals surface area contributed by atoms with E-state index in [0.29, 0.717) is 25.1 Å². The highest BCUT2D eigenvalue weighted by Crippen LogP contribution is 2.19. The maximum Gasteiger partial charge on any atom is 0.243 e. The van der Waals surface area contributed by atoms with E-state index in [0.717, 1.165) is 22.4 Å². The SMILES string of the molecule is Cc1cccc(CN(C(=O)CCSCc2ccccc2)C(Cc2ccccc2)C(=O)NC(C)(C)C)c1. The van der Waals surface area contributed by atoms with Crippen LogP contribution in [-0.2, 0) is 28.3 Å². The Hall–Kier alpha value is -3.05. The average Bonchev–Trinajstić information content (AvgIpc) is 2.84. The molecule has 1 atom stereocenters. The zero-order valence-electron chi connectivity index (χ0n) is 21.9. The second-order valence-electron chi connectivity index (χ2n) is 10.2. The fraction of sp³-hybridized carbons (Fsp3) is 0.355.